The van der Waals surface area contributed by atoms with Gasteiger partial charge in [0.2, 0.25) is 5.91 Å². The lowest BCUT2D eigenvalue weighted by atomic mass is 9.80. The fourth-order valence-corrected chi connectivity index (χ4v) is 3.86. The van der Waals surface area contributed by atoms with Crippen LogP contribution < -0.4 is 5.32 Å². The molecule has 1 fully saturated rings. The first-order valence-corrected chi connectivity index (χ1v) is 9.36. The van der Waals surface area contributed by atoms with Gasteiger partial charge in [0.1, 0.15) is 0 Å². The number of benzene rings is 2. The third kappa shape index (κ3) is 4.44. The maximum atomic E-state index is 11.8. The molecule has 4 nitrogen and oxygen atoms in total. The third-order valence-corrected chi connectivity index (χ3v) is 5.39. The molecule has 1 unspecified atom stereocenters. The molecule has 3 rings (SSSR count). The summed E-state index contributed by atoms with van der Waals surface area (Å²) in [6, 6.07) is 17.5. The van der Waals surface area contributed by atoms with Gasteiger partial charge in [-0.3, -0.25) is 4.79 Å². The maximum absolute atomic E-state index is 11.8. The molecule has 26 heavy (non-hydrogen) atoms. The van der Waals surface area contributed by atoms with E-state index in [0.29, 0.717) is 11.6 Å². The molecule has 1 aliphatic rings. The van der Waals surface area contributed by atoms with E-state index in [4.69, 9.17) is 11.6 Å². The first-order valence-electron chi connectivity index (χ1n) is 8.99. The van der Waals surface area contributed by atoms with E-state index in [-0.39, 0.29) is 11.4 Å². The van der Waals surface area contributed by atoms with Gasteiger partial charge in [0.15, 0.2) is 0 Å². The average molecular weight is 373 g/mol. The predicted molar refractivity (Wildman–Crippen MR) is 104 cm³/mol. The van der Waals surface area contributed by atoms with Crippen LogP contribution in [0.25, 0.3) is 0 Å². The summed E-state index contributed by atoms with van der Waals surface area (Å²) in [4.78, 5) is 14.0. The summed E-state index contributed by atoms with van der Waals surface area (Å²) in [6.07, 6.45) is 1.10. The van der Waals surface area contributed by atoms with Crippen LogP contribution in [0.1, 0.15) is 37.0 Å². The molecule has 2 N–H and O–H groups in total. The lowest BCUT2D eigenvalue weighted by Crippen LogP contribution is -2.53. The molecular formula is C21H25ClN2O2. The predicted octanol–water partition coefficient (Wildman–Crippen LogP) is 3.50. The van der Waals surface area contributed by atoms with E-state index in [1.165, 1.54) is 0 Å². The second-order valence-electron chi connectivity index (χ2n) is 7.00. The van der Waals surface area contributed by atoms with Gasteiger partial charge in [0, 0.05) is 31.6 Å². The highest BCUT2D eigenvalue weighted by molar-refractivity contribution is 6.30. The van der Waals surface area contributed by atoms with E-state index >= 15 is 0 Å². The maximum Gasteiger partial charge on any atom is 0.217 e. The summed E-state index contributed by atoms with van der Waals surface area (Å²) in [7, 11) is 0. The van der Waals surface area contributed by atoms with Crippen LogP contribution in [0, 0.1) is 0 Å². The zero-order valence-electron chi connectivity index (χ0n) is 15.0. The quantitative estimate of drug-likeness (QED) is 0.844. The van der Waals surface area contributed by atoms with E-state index in [1.807, 2.05) is 30.3 Å². The summed E-state index contributed by atoms with van der Waals surface area (Å²) in [5.74, 6) is -0.0106. The number of rotatable bonds is 5. The molecular weight excluding hydrogens is 348 g/mol. The smallest absolute Gasteiger partial charge is 0.217 e. The Labute approximate surface area is 159 Å². The van der Waals surface area contributed by atoms with Crippen molar-refractivity contribution in [3.63, 3.8) is 0 Å². The number of carbonyl (C=O) groups is 1. The van der Waals surface area contributed by atoms with Crippen LogP contribution in [-0.4, -0.2) is 35.5 Å². The minimum Gasteiger partial charge on any atom is -0.387 e. The Bertz CT molecular complexity index is 725. The van der Waals surface area contributed by atoms with Crippen LogP contribution in [0.4, 0.5) is 0 Å². The number of likely N-dealkylation sites (tertiary alicyclic amines) is 1. The minimum absolute atomic E-state index is 0.0106. The Morgan fingerprint density at radius 2 is 1.77 bits per heavy atom. The Morgan fingerprint density at radius 3 is 2.35 bits per heavy atom. The minimum atomic E-state index is -0.544. The van der Waals surface area contributed by atoms with E-state index in [0.717, 1.165) is 37.1 Å². The van der Waals surface area contributed by atoms with E-state index in [2.05, 4.69) is 22.3 Å². The van der Waals surface area contributed by atoms with Crippen molar-refractivity contribution in [1.29, 1.82) is 0 Å². The fraction of sp³-hybridized carbons (Fsp3) is 0.381. The number of nitrogens with zero attached hydrogens (tertiary/aromatic N) is 1. The normalized spacial score (nSPS) is 18.3. The summed E-state index contributed by atoms with van der Waals surface area (Å²) in [5.41, 5.74) is 1.69. The highest BCUT2D eigenvalue weighted by Crippen LogP contribution is 2.33. The number of nitrogens with one attached hydrogen (secondary N) is 1. The van der Waals surface area contributed by atoms with Gasteiger partial charge in [-0.25, -0.2) is 0 Å². The van der Waals surface area contributed by atoms with Crippen molar-refractivity contribution in [2.24, 2.45) is 0 Å². The van der Waals surface area contributed by atoms with E-state index < -0.39 is 6.10 Å². The van der Waals surface area contributed by atoms with Gasteiger partial charge in [-0.2, -0.15) is 0 Å². The fourth-order valence-electron chi connectivity index (χ4n) is 3.73. The number of β-amino-alcohol motifs (C(OH)–C–C–N with tert-alkyl or cyclic N) is 1. The topological polar surface area (TPSA) is 52.6 Å². The van der Waals surface area contributed by atoms with Crippen molar-refractivity contribution in [3.8, 4) is 0 Å². The standard InChI is InChI=1S/C21H25ClN2O2/c1-16(25)23-21(18-5-3-2-4-6-18)11-13-24(14-12-21)15-20(26)17-7-9-19(22)10-8-17/h2-10,20,26H,11-15H2,1H3,(H,23,25). The first-order chi connectivity index (χ1) is 12.5. The van der Waals surface area contributed by atoms with Crippen molar-refractivity contribution >= 4 is 17.5 Å². The average Bonchev–Trinajstić information content (AvgIpc) is 2.64. The third-order valence-electron chi connectivity index (χ3n) is 5.14. The van der Waals surface area contributed by atoms with Crippen molar-refractivity contribution < 1.29 is 9.90 Å². The molecule has 2 aromatic carbocycles. The Balaban J connectivity index is 1.66. The monoisotopic (exact) mass is 372 g/mol. The number of carbonyl (C=O) groups excluding carboxylic acids is 1. The van der Waals surface area contributed by atoms with Gasteiger partial charge >= 0.3 is 0 Å². The van der Waals surface area contributed by atoms with Gasteiger partial charge in [0.25, 0.3) is 0 Å². The van der Waals surface area contributed by atoms with Gasteiger partial charge in [-0.1, -0.05) is 54.1 Å². The molecule has 0 aromatic heterocycles. The number of amides is 1. The molecule has 138 valence electrons. The van der Waals surface area contributed by atoms with Gasteiger partial charge in [0.05, 0.1) is 11.6 Å². The van der Waals surface area contributed by atoms with Crippen LogP contribution >= 0.6 is 11.6 Å². The summed E-state index contributed by atoms with van der Waals surface area (Å²) >= 11 is 5.91. The van der Waals surface area contributed by atoms with E-state index in [9.17, 15) is 9.90 Å². The second kappa shape index (κ2) is 8.21. The van der Waals surface area contributed by atoms with Crippen molar-refractivity contribution in [2.45, 2.75) is 31.4 Å². The molecule has 0 saturated carbocycles. The lowest BCUT2D eigenvalue weighted by Gasteiger charge is -2.43. The highest BCUT2D eigenvalue weighted by Gasteiger charge is 2.37. The largest absolute Gasteiger partial charge is 0.387 e. The van der Waals surface area contributed by atoms with Crippen molar-refractivity contribution in [2.75, 3.05) is 19.6 Å². The van der Waals surface area contributed by atoms with Crippen molar-refractivity contribution in [3.05, 3.63) is 70.7 Å². The van der Waals surface area contributed by atoms with E-state index in [1.54, 1.807) is 19.1 Å². The zero-order valence-corrected chi connectivity index (χ0v) is 15.7. The number of piperidine rings is 1. The molecule has 0 radical (unpaired) electrons. The first kappa shape index (κ1) is 18.9. The van der Waals surface area contributed by atoms with Crippen LogP contribution in [0.15, 0.2) is 54.6 Å². The van der Waals surface area contributed by atoms with Crippen LogP contribution in [0.5, 0.6) is 0 Å². The van der Waals surface area contributed by atoms with Gasteiger partial charge < -0.3 is 15.3 Å². The highest BCUT2D eigenvalue weighted by atomic mass is 35.5. The van der Waals surface area contributed by atoms with Crippen LogP contribution in [0.3, 0.4) is 0 Å². The molecule has 2 aromatic rings. The van der Waals surface area contributed by atoms with Gasteiger partial charge in [-0.05, 0) is 36.1 Å². The van der Waals surface area contributed by atoms with Gasteiger partial charge in [-0.15, -0.1) is 0 Å². The molecule has 1 atom stereocenters. The Morgan fingerprint density at radius 1 is 1.15 bits per heavy atom. The molecule has 0 aliphatic carbocycles. The summed E-state index contributed by atoms with van der Waals surface area (Å²) in [5, 5.41) is 14.4. The summed E-state index contributed by atoms with van der Waals surface area (Å²) < 4.78 is 0. The molecule has 0 spiro atoms. The zero-order chi connectivity index (χ0) is 18.6. The molecule has 1 saturated heterocycles. The number of hydrogen-bond acceptors (Lipinski definition) is 3. The molecule has 1 aliphatic heterocycles. The lowest BCUT2D eigenvalue weighted by molar-refractivity contribution is -0.121. The van der Waals surface area contributed by atoms with Crippen LogP contribution in [0.2, 0.25) is 5.02 Å². The number of aliphatic hydroxyl groups excluding tert-OH is 1. The Hall–Kier alpha value is -1.88. The number of aliphatic hydroxyl groups is 1. The Kier molecular flexibility index (Phi) is 5.97. The van der Waals surface area contributed by atoms with Crippen molar-refractivity contribution in [1.82, 2.24) is 10.2 Å². The molecule has 1 amide bonds. The SMILES string of the molecule is CC(=O)NC1(c2ccccc2)CCN(CC(O)c2ccc(Cl)cc2)CC1. The second-order valence-corrected chi connectivity index (χ2v) is 7.43. The summed E-state index contributed by atoms with van der Waals surface area (Å²) in [6.45, 7) is 3.79. The number of halogens is 1. The molecule has 0 bridgehead atoms. The van der Waals surface area contributed by atoms with Crippen LogP contribution in [-0.2, 0) is 10.3 Å². The number of hydrogen-bond donors (Lipinski definition) is 2. The molecule has 1 heterocycles. The molecule has 5 heteroatoms.